The third kappa shape index (κ3) is 3.99. The van der Waals surface area contributed by atoms with Gasteiger partial charge >= 0.3 is 0 Å². The highest BCUT2D eigenvalue weighted by Gasteiger charge is 2.36. The number of nitrogens with zero attached hydrogens (tertiary/aromatic N) is 1. The smallest absolute Gasteiger partial charge is 0.240 e. The Hall–Kier alpha value is -2.38. The van der Waals surface area contributed by atoms with E-state index in [-0.39, 0.29) is 29.9 Å². The number of carbonyl (C=O) groups excluding carboxylic acids is 1. The number of anilines is 1. The van der Waals surface area contributed by atoms with E-state index in [0.717, 1.165) is 24.1 Å². The van der Waals surface area contributed by atoms with Crippen molar-refractivity contribution in [1.29, 1.82) is 0 Å². The zero-order valence-electron chi connectivity index (χ0n) is 14.9. The average molecular weight is 386 g/mol. The molecule has 1 amide bonds. The Morgan fingerprint density at radius 3 is 2.67 bits per heavy atom. The quantitative estimate of drug-likeness (QED) is 0.741. The van der Waals surface area contributed by atoms with Crippen molar-refractivity contribution >= 4 is 21.6 Å². The lowest BCUT2D eigenvalue weighted by Gasteiger charge is -2.17. The first-order chi connectivity index (χ1) is 13.0. The average Bonchev–Trinajstić information content (AvgIpc) is 3.44. The van der Waals surface area contributed by atoms with Gasteiger partial charge in [-0.3, -0.25) is 4.79 Å². The summed E-state index contributed by atoms with van der Waals surface area (Å²) in [5, 5.41) is 0. The molecule has 0 radical (unpaired) electrons. The first kappa shape index (κ1) is 18.0. The van der Waals surface area contributed by atoms with E-state index in [1.807, 2.05) is 30.3 Å². The Labute approximate surface area is 159 Å². The minimum Gasteiger partial charge on any atom is -0.492 e. The maximum absolute atomic E-state index is 12.5. The van der Waals surface area contributed by atoms with Crippen LogP contribution in [0.5, 0.6) is 5.75 Å². The van der Waals surface area contributed by atoms with Crippen LogP contribution in [0.2, 0.25) is 0 Å². The van der Waals surface area contributed by atoms with Crippen molar-refractivity contribution < 1.29 is 17.9 Å². The van der Waals surface area contributed by atoms with Gasteiger partial charge in [-0.05, 0) is 55.2 Å². The molecule has 142 valence electrons. The lowest BCUT2D eigenvalue weighted by molar-refractivity contribution is -0.119. The molecule has 4 rings (SSSR count). The van der Waals surface area contributed by atoms with E-state index >= 15 is 0 Å². The zero-order valence-corrected chi connectivity index (χ0v) is 15.7. The summed E-state index contributed by atoms with van der Waals surface area (Å²) in [6, 6.07) is 14.3. The molecule has 0 spiro atoms. The zero-order chi connectivity index (χ0) is 18.9. The molecular formula is C20H22N2O4S. The minimum absolute atomic E-state index is 0.158. The van der Waals surface area contributed by atoms with Crippen molar-refractivity contribution in [3.05, 3.63) is 54.1 Å². The molecule has 7 heteroatoms. The lowest BCUT2D eigenvalue weighted by atomic mass is 10.2. The minimum atomic E-state index is -3.61. The highest BCUT2D eigenvalue weighted by Crippen LogP contribution is 2.37. The van der Waals surface area contributed by atoms with Crippen molar-refractivity contribution in [2.75, 3.05) is 24.6 Å². The van der Waals surface area contributed by atoms with Crippen molar-refractivity contribution in [3.8, 4) is 5.75 Å². The van der Waals surface area contributed by atoms with E-state index in [4.69, 9.17) is 4.74 Å². The fraction of sp³-hybridized carbons (Fsp3) is 0.350. The van der Waals surface area contributed by atoms with E-state index in [0.29, 0.717) is 18.7 Å². The molecule has 6 nitrogen and oxygen atoms in total. The van der Waals surface area contributed by atoms with Crippen LogP contribution >= 0.6 is 0 Å². The van der Waals surface area contributed by atoms with Crippen LogP contribution in [0.1, 0.15) is 18.4 Å². The first-order valence-corrected chi connectivity index (χ1v) is 10.6. The predicted molar refractivity (Wildman–Crippen MR) is 102 cm³/mol. The van der Waals surface area contributed by atoms with Gasteiger partial charge < -0.3 is 9.64 Å². The van der Waals surface area contributed by atoms with Crippen LogP contribution in [-0.2, 0) is 21.2 Å². The number of amides is 1. The number of nitrogens with one attached hydrogen (secondary N) is 1. The van der Waals surface area contributed by atoms with Gasteiger partial charge in [0.1, 0.15) is 12.4 Å². The third-order valence-electron chi connectivity index (χ3n) is 4.86. The van der Waals surface area contributed by atoms with Gasteiger partial charge in [0.25, 0.3) is 0 Å². The number of carbonyl (C=O) groups is 1. The highest BCUT2D eigenvalue weighted by atomic mass is 32.2. The largest absolute Gasteiger partial charge is 0.492 e. The van der Waals surface area contributed by atoms with Crippen LogP contribution < -0.4 is 14.4 Å². The molecule has 2 aromatic carbocycles. The Bertz CT molecular complexity index is 940. The molecule has 0 saturated heterocycles. The SMILES string of the molecule is O=C(C1CC1)N1CCc2cc(S(=O)(=O)NCCOc3ccccc3)ccc21. The molecule has 0 unspecified atom stereocenters. The number of ether oxygens (including phenoxy) is 1. The number of fused-ring (bicyclic) bond motifs is 1. The van der Waals surface area contributed by atoms with Crippen LogP contribution in [0.25, 0.3) is 0 Å². The van der Waals surface area contributed by atoms with E-state index < -0.39 is 10.0 Å². The van der Waals surface area contributed by atoms with E-state index in [1.54, 1.807) is 23.1 Å². The van der Waals surface area contributed by atoms with Crippen molar-refractivity contribution in [1.82, 2.24) is 4.72 Å². The molecule has 0 aromatic heterocycles. The molecule has 1 heterocycles. The fourth-order valence-corrected chi connectivity index (χ4v) is 4.33. The van der Waals surface area contributed by atoms with Crippen molar-refractivity contribution in [2.45, 2.75) is 24.2 Å². The first-order valence-electron chi connectivity index (χ1n) is 9.16. The van der Waals surface area contributed by atoms with Crippen molar-refractivity contribution in [2.24, 2.45) is 5.92 Å². The van der Waals surface area contributed by atoms with Gasteiger partial charge in [0, 0.05) is 24.7 Å². The second kappa shape index (κ2) is 7.32. The van der Waals surface area contributed by atoms with Crippen LogP contribution in [0.15, 0.2) is 53.4 Å². The summed E-state index contributed by atoms with van der Waals surface area (Å²) in [4.78, 5) is 14.3. The molecule has 0 atom stereocenters. The number of hydrogen-bond donors (Lipinski definition) is 1. The normalized spacial score (nSPS) is 16.2. The Balaban J connectivity index is 1.38. The van der Waals surface area contributed by atoms with Crippen molar-refractivity contribution in [3.63, 3.8) is 0 Å². The Morgan fingerprint density at radius 2 is 1.93 bits per heavy atom. The van der Waals surface area contributed by atoms with Gasteiger partial charge in [-0.15, -0.1) is 0 Å². The molecule has 1 aliphatic heterocycles. The summed E-state index contributed by atoms with van der Waals surface area (Å²) in [6.45, 7) is 1.06. The molecule has 1 aliphatic carbocycles. The highest BCUT2D eigenvalue weighted by molar-refractivity contribution is 7.89. The number of benzene rings is 2. The summed E-state index contributed by atoms with van der Waals surface area (Å²) in [6.07, 6.45) is 2.62. The van der Waals surface area contributed by atoms with Crippen LogP contribution in [0, 0.1) is 5.92 Å². The number of sulfonamides is 1. The van der Waals surface area contributed by atoms with E-state index in [9.17, 15) is 13.2 Å². The van der Waals surface area contributed by atoms with E-state index in [1.165, 1.54) is 0 Å². The summed E-state index contributed by atoms with van der Waals surface area (Å²) in [5.41, 5.74) is 1.76. The molecule has 27 heavy (non-hydrogen) atoms. The maximum Gasteiger partial charge on any atom is 0.240 e. The molecule has 1 fully saturated rings. The second-order valence-electron chi connectivity index (χ2n) is 6.86. The molecular weight excluding hydrogens is 364 g/mol. The lowest BCUT2D eigenvalue weighted by Crippen LogP contribution is -2.30. The Kier molecular flexibility index (Phi) is 4.88. The maximum atomic E-state index is 12.5. The standard InChI is InChI=1S/C20H22N2O4S/c23-20(15-6-7-15)22-12-10-16-14-18(8-9-19(16)22)27(24,25)21-11-13-26-17-4-2-1-3-5-17/h1-5,8-9,14-15,21H,6-7,10-13H2. The molecule has 2 aliphatic rings. The topological polar surface area (TPSA) is 75.7 Å². The third-order valence-corrected chi connectivity index (χ3v) is 6.31. The van der Waals surface area contributed by atoms with Gasteiger partial charge in [-0.25, -0.2) is 13.1 Å². The van der Waals surface area contributed by atoms with Gasteiger partial charge in [-0.1, -0.05) is 18.2 Å². The second-order valence-corrected chi connectivity index (χ2v) is 8.63. The predicted octanol–water partition coefficient (Wildman–Crippen LogP) is 2.34. The summed E-state index contributed by atoms with van der Waals surface area (Å²) in [7, 11) is -3.61. The fourth-order valence-electron chi connectivity index (χ4n) is 3.27. The van der Waals surface area contributed by atoms with Gasteiger partial charge in [-0.2, -0.15) is 0 Å². The van der Waals surface area contributed by atoms with Crippen LogP contribution in [0.4, 0.5) is 5.69 Å². The Morgan fingerprint density at radius 1 is 1.15 bits per heavy atom. The number of rotatable bonds is 7. The van der Waals surface area contributed by atoms with Gasteiger partial charge in [0.05, 0.1) is 4.90 Å². The summed E-state index contributed by atoms with van der Waals surface area (Å²) in [5.74, 6) is 1.03. The van der Waals surface area contributed by atoms with Gasteiger partial charge in [0.2, 0.25) is 15.9 Å². The summed E-state index contributed by atoms with van der Waals surface area (Å²) >= 11 is 0. The molecule has 1 N–H and O–H groups in total. The molecule has 2 aromatic rings. The number of para-hydroxylation sites is 1. The monoisotopic (exact) mass is 386 g/mol. The number of hydrogen-bond acceptors (Lipinski definition) is 4. The van der Waals surface area contributed by atoms with Crippen LogP contribution in [-0.4, -0.2) is 34.0 Å². The van der Waals surface area contributed by atoms with Crippen LogP contribution in [0.3, 0.4) is 0 Å². The van der Waals surface area contributed by atoms with E-state index in [2.05, 4.69) is 4.72 Å². The van der Waals surface area contributed by atoms with Gasteiger partial charge in [0.15, 0.2) is 0 Å². The molecule has 0 bridgehead atoms. The molecule has 1 saturated carbocycles. The summed E-state index contributed by atoms with van der Waals surface area (Å²) < 4.78 is 33.1.